The molecule has 2 atom stereocenters. The van der Waals surface area contributed by atoms with Crippen LogP contribution in [-0.4, -0.2) is 6.04 Å². The van der Waals surface area contributed by atoms with Gasteiger partial charge in [-0.25, -0.2) is 0 Å². The molecular weight excluding hydrogens is 246 g/mol. The van der Waals surface area contributed by atoms with Gasteiger partial charge in [0.05, 0.1) is 6.04 Å². The number of fused-ring (bicyclic) bond motifs is 1. The summed E-state index contributed by atoms with van der Waals surface area (Å²) in [5.41, 5.74) is 2.28. The van der Waals surface area contributed by atoms with E-state index >= 15 is 0 Å². The van der Waals surface area contributed by atoms with Crippen molar-refractivity contribution >= 4 is 11.0 Å². The highest BCUT2D eigenvalue weighted by atomic mass is 16.3. The van der Waals surface area contributed by atoms with Gasteiger partial charge in [0.15, 0.2) is 0 Å². The van der Waals surface area contributed by atoms with Gasteiger partial charge in [-0.3, -0.25) is 0 Å². The SMILES string of the molecule is Cc1c(C(C)NC(C)C2CCCC2)oc2ccccc12. The second kappa shape index (κ2) is 5.61. The minimum atomic E-state index is 0.276. The first kappa shape index (κ1) is 13.7. The minimum Gasteiger partial charge on any atom is -0.459 e. The van der Waals surface area contributed by atoms with E-state index in [1.54, 1.807) is 0 Å². The van der Waals surface area contributed by atoms with Gasteiger partial charge >= 0.3 is 0 Å². The van der Waals surface area contributed by atoms with Gasteiger partial charge in [0.1, 0.15) is 11.3 Å². The van der Waals surface area contributed by atoms with Crippen LogP contribution in [0.15, 0.2) is 28.7 Å². The number of aryl methyl sites for hydroxylation is 1. The van der Waals surface area contributed by atoms with Crippen molar-refractivity contribution in [1.82, 2.24) is 5.32 Å². The predicted octanol–water partition coefficient (Wildman–Crippen LogP) is 4.97. The molecule has 1 aliphatic rings. The van der Waals surface area contributed by atoms with E-state index in [4.69, 9.17) is 4.42 Å². The lowest BCUT2D eigenvalue weighted by Gasteiger charge is -2.24. The summed E-state index contributed by atoms with van der Waals surface area (Å²) in [5, 5.41) is 4.99. The van der Waals surface area contributed by atoms with E-state index in [-0.39, 0.29) is 6.04 Å². The Morgan fingerprint density at radius 1 is 1.15 bits per heavy atom. The summed E-state index contributed by atoms with van der Waals surface area (Å²) in [6, 6.07) is 9.16. The van der Waals surface area contributed by atoms with E-state index in [0.29, 0.717) is 6.04 Å². The fourth-order valence-electron chi connectivity index (χ4n) is 3.67. The van der Waals surface area contributed by atoms with Gasteiger partial charge in [-0.15, -0.1) is 0 Å². The van der Waals surface area contributed by atoms with Crippen molar-refractivity contribution < 1.29 is 4.42 Å². The molecule has 20 heavy (non-hydrogen) atoms. The molecule has 108 valence electrons. The average Bonchev–Trinajstić information content (AvgIpc) is 3.07. The summed E-state index contributed by atoms with van der Waals surface area (Å²) in [5.74, 6) is 1.93. The molecule has 0 radical (unpaired) electrons. The lowest BCUT2D eigenvalue weighted by atomic mass is 9.98. The Balaban J connectivity index is 1.78. The van der Waals surface area contributed by atoms with Crippen molar-refractivity contribution in [1.29, 1.82) is 0 Å². The molecule has 1 aromatic carbocycles. The quantitative estimate of drug-likeness (QED) is 0.849. The first-order chi connectivity index (χ1) is 9.66. The number of hydrogen-bond donors (Lipinski definition) is 1. The monoisotopic (exact) mass is 271 g/mol. The molecule has 2 unspecified atom stereocenters. The molecule has 1 aliphatic carbocycles. The van der Waals surface area contributed by atoms with E-state index in [9.17, 15) is 0 Å². The second-order valence-corrected chi connectivity index (χ2v) is 6.31. The summed E-state index contributed by atoms with van der Waals surface area (Å²) < 4.78 is 6.06. The summed E-state index contributed by atoms with van der Waals surface area (Å²) in [6.07, 6.45) is 5.55. The third-order valence-electron chi connectivity index (χ3n) is 4.89. The first-order valence-electron chi connectivity index (χ1n) is 7.91. The highest BCUT2D eigenvalue weighted by Crippen LogP contribution is 2.32. The fraction of sp³-hybridized carbons (Fsp3) is 0.556. The maximum Gasteiger partial charge on any atom is 0.134 e. The van der Waals surface area contributed by atoms with Gasteiger partial charge in [-0.1, -0.05) is 31.0 Å². The smallest absolute Gasteiger partial charge is 0.134 e. The lowest BCUT2D eigenvalue weighted by molar-refractivity contribution is 0.330. The Morgan fingerprint density at radius 3 is 2.55 bits per heavy atom. The molecule has 1 aromatic heterocycles. The summed E-state index contributed by atoms with van der Waals surface area (Å²) in [6.45, 7) is 6.71. The van der Waals surface area contributed by atoms with Crippen LogP contribution >= 0.6 is 0 Å². The van der Waals surface area contributed by atoms with E-state index in [1.165, 1.54) is 36.6 Å². The van der Waals surface area contributed by atoms with E-state index in [1.807, 2.05) is 6.07 Å². The van der Waals surface area contributed by atoms with Crippen LogP contribution in [0.5, 0.6) is 0 Å². The van der Waals surface area contributed by atoms with Crippen LogP contribution in [0.2, 0.25) is 0 Å². The largest absolute Gasteiger partial charge is 0.459 e. The highest BCUT2D eigenvalue weighted by Gasteiger charge is 2.24. The zero-order valence-corrected chi connectivity index (χ0v) is 12.8. The second-order valence-electron chi connectivity index (χ2n) is 6.31. The third-order valence-corrected chi connectivity index (χ3v) is 4.89. The van der Waals surface area contributed by atoms with Crippen LogP contribution in [-0.2, 0) is 0 Å². The molecule has 0 saturated heterocycles. The zero-order chi connectivity index (χ0) is 14.1. The normalized spacial score (nSPS) is 19.6. The number of para-hydroxylation sites is 1. The molecule has 1 N–H and O–H groups in total. The average molecular weight is 271 g/mol. The van der Waals surface area contributed by atoms with Crippen molar-refractivity contribution in [3.8, 4) is 0 Å². The van der Waals surface area contributed by atoms with Crippen molar-refractivity contribution in [2.24, 2.45) is 5.92 Å². The Morgan fingerprint density at radius 2 is 1.85 bits per heavy atom. The summed E-state index contributed by atoms with van der Waals surface area (Å²) in [7, 11) is 0. The van der Waals surface area contributed by atoms with Gasteiger partial charge in [0.2, 0.25) is 0 Å². The molecule has 2 nitrogen and oxygen atoms in total. The number of hydrogen-bond acceptors (Lipinski definition) is 2. The van der Waals surface area contributed by atoms with Crippen LogP contribution < -0.4 is 5.32 Å². The van der Waals surface area contributed by atoms with Gasteiger partial charge < -0.3 is 9.73 Å². The van der Waals surface area contributed by atoms with E-state index in [0.717, 1.165) is 17.3 Å². The van der Waals surface area contributed by atoms with E-state index < -0.39 is 0 Å². The van der Waals surface area contributed by atoms with Crippen molar-refractivity contribution in [2.75, 3.05) is 0 Å². The number of furan rings is 1. The predicted molar refractivity (Wildman–Crippen MR) is 83.9 cm³/mol. The van der Waals surface area contributed by atoms with Crippen molar-refractivity contribution in [3.05, 3.63) is 35.6 Å². The molecule has 3 rings (SSSR count). The number of nitrogens with one attached hydrogen (secondary N) is 1. The molecule has 1 heterocycles. The van der Waals surface area contributed by atoms with Crippen LogP contribution in [0, 0.1) is 12.8 Å². The molecule has 1 fully saturated rings. The third kappa shape index (κ3) is 2.49. The Labute approximate surface area is 121 Å². The summed E-state index contributed by atoms with van der Waals surface area (Å²) in [4.78, 5) is 0. The van der Waals surface area contributed by atoms with Crippen molar-refractivity contribution in [2.45, 2.75) is 58.5 Å². The number of benzene rings is 1. The van der Waals surface area contributed by atoms with Gasteiger partial charge in [0.25, 0.3) is 0 Å². The Hall–Kier alpha value is -1.28. The van der Waals surface area contributed by atoms with Gasteiger partial charge in [-0.2, -0.15) is 0 Å². The molecule has 0 amide bonds. The van der Waals surface area contributed by atoms with E-state index in [2.05, 4.69) is 44.3 Å². The Bertz CT molecular complexity index is 580. The van der Waals surface area contributed by atoms with Crippen molar-refractivity contribution in [3.63, 3.8) is 0 Å². The van der Waals surface area contributed by atoms with Crippen LogP contribution in [0.25, 0.3) is 11.0 Å². The summed E-state index contributed by atoms with van der Waals surface area (Å²) >= 11 is 0. The fourth-order valence-corrected chi connectivity index (χ4v) is 3.67. The molecule has 1 saturated carbocycles. The highest BCUT2D eigenvalue weighted by molar-refractivity contribution is 5.82. The van der Waals surface area contributed by atoms with Crippen LogP contribution in [0.4, 0.5) is 0 Å². The van der Waals surface area contributed by atoms with Crippen LogP contribution in [0.3, 0.4) is 0 Å². The first-order valence-corrected chi connectivity index (χ1v) is 7.91. The van der Waals surface area contributed by atoms with Gasteiger partial charge in [0, 0.05) is 11.4 Å². The molecule has 2 aromatic rings. The molecular formula is C18H25NO. The van der Waals surface area contributed by atoms with Gasteiger partial charge in [-0.05, 0) is 51.2 Å². The number of rotatable bonds is 4. The van der Waals surface area contributed by atoms with Crippen LogP contribution in [0.1, 0.15) is 56.9 Å². The molecule has 0 bridgehead atoms. The zero-order valence-electron chi connectivity index (χ0n) is 12.8. The molecule has 0 spiro atoms. The lowest BCUT2D eigenvalue weighted by Crippen LogP contribution is -2.34. The Kier molecular flexibility index (Phi) is 3.84. The maximum atomic E-state index is 6.06. The molecule has 2 heteroatoms. The maximum absolute atomic E-state index is 6.06. The molecule has 0 aliphatic heterocycles. The minimum absolute atomic E-state index is 0.276. The topological polar surface area (TPSA) is 25.2 Å². The standard InChI is InChI=1S/C18H25NO/c1-12-16-10-6-7-11-17(16)20-18(12)14(3)19-13(2)15-8-4-5-9-15/h6-7,10-11,13-15,19H,4-5,8-9H2,1-3H3.